The molecule has 2 rings (SSSR count). The van der Waals surface area contributed by atoms with E-state index < -0.39 is 0 Å². The van der Waals surface area contributed by atoms with Crippen molar-refractivity contribution in [1.29, 1.82) is 0 Å². The standard InChI is InChI=1S/2C5H5N.Cr/c2*1-2-4-6-5-3-1;/h2*1-5H;/q;;+3/p+2. The fourth-order valence-electron chi connectivity index (χ4n) is 0.684. The van der Waals surface area contributed by atoms with Crippen LogP contribution in [0.1, 0.15) is 0 Å². The second-order valence-electron chi connectivity index (χ2n) is 2.15. The van der Waals surface area contributed by atoms with Crippen LogP contribution in [0.25, 0.3) is 0 Å². The van der Waals surface area contributed by atoms with Crippen LogP contribution in [0.15, 0.2) is 61.2 Å². The molecule has 0 saturated heterocycles. The molecule has 2 N–H and O–H groups in total. The van der Waals surface area contributed by atoms with Crippen molar-refractivity contribution >= 4 is 0 Å². The fourth-order valence-corrected chi connectivity index (χ4v) is 0.684. The summed E-state index contributed by atoms with van der Waals surface area (Å²) < 4.78 is 0. The first-order valence-electron chi connectivity index (χ1n) is 3.82. The van der Waals surface area contributed by atoms with Crippen molar-refractivity contribution in [3.05, 3.63) is 61.2 Å². The minimum atomic E-state index is 0. The Kier molecular flexibility index (Phi) is 8.12. The van der Waals surface area contributed by atoms with E-state index in [9.17, 15) is 0 Å². The van der Waals surface area contributed by atoms with Crippen molar-refractivity contribution in [2.75, 3.05) is 0 Å². The Morgan fingerprint density at radius 1 is 0.462 bits per heavy atom. The Morgan fingerprint density at radius 3 is 0.846 bits per heavy atom. The summed E-state index contributed by atoms with van der Waals surface area (Å²) in [4.78, 5) is 5.78. The first-order chi connectivity index (χ1) is 6.00. The molecule has 2 heterocycles. The summed E-state index contributed by atoms with van der Waals surface area (Å²) in [7, 11) is 0. The molecule has 0 aliphatic rings. The summed E-state index contributed by atoms with van der Waals surface area (Å²) in [6, 6.07) is 11.7. The van der Waals surface area contributed by atoms with Crippen LogP contribution in [0.3, 0.4) is 0 Å². The van der Waals surface area contributed by atoms with Crippen LogP contribution in [0, 0.1) is 0 Å². The summed E-state index contributed by atoms with van der Waals surface area (Å²) in [5, 5.41) is 0. The van der Waals surface area contributed by atoms with Crippen molar-refractivity contribution in [2.45, 2.75) is 0 Å². The SMILES string of the molecule is [Cr+3].c1cc[nH+]cc1.c1cc[nH+]cc1. The summed E-state index contributed by atoms with van der Waals surface area (Å²) >= 11 is 0. The maximum Gasteiger partial charge on any atom is 3.00 e. The number of aromatic nitrogens is 2. The zero-order valence-corrected chi connectivity index (χ0v) is 8.46. The molecule has 1 radical (unpaired) electrons. The number of H-pyrrole nitrogens is 2. The minimum absolute atomic E-state index is 0. The third-order valence-electron chi connectivity index (χ3n) is 1.21. The molecule has 0 amide bonds. The zero-order chi connectivity index (χ0) is 8.49. The molecule has 2 aromatic rings. The van der Waals surface area contributed by atoms with E-state index in [0.29, 0.717) is 0 Å². The van der Waals surface area contributed by atoms with Gasteiger partial charge in [-0.25, -0.2) is 9.97 Å². The van der Waals surface area contributed by atoms with Gasteiger partial charge in [-0.3, -0.25) is 0 Å². The van der Waals surface area contributed by atoms with Gasteiger partial charge < -0.3 is 0 Å². The van der Waals surface area contributed by atoms with Crippen LogP contribution in [0.5, 0.6) is 0 Å². The number of aromatic amines is 2. The topological polar surface area (TPSA) is 28.3 Å². The molecule has 3 heteroatoms. The predicted molar refractivity (Wildman–Crippen MR) is 46.0 cm³/mol. The molecule has 0 spiro atoms. The van der Waals surface area contributed by atoms with Gasteiger partial charge in [0.2, 0.25) is 0 Å². The van der Waals surface area contributed by atoms with Crippen LogP contribution in [-0.2, 0) is 17.4 Å². The summed E-state index contributed by atoms with van der Waals surface area (Å²) in [6.45, 7) is 0. The minimum Gasteiger partial charge on any atom is -0.218 e. The van der Waals surface area contributed by atoms with E-state index in [1.165, 1.54) is 0 Å². The first kappa shape index (κ1) is 11.8. The van der Waals surface area contributed by atoms with Gasteiger partial charge in [0.1, 0.15) is 0 Å². The molecule has 0 aliphatic heterocycles. The number of pyridine rings is 2. The second-order valence-corrected chi connectivity index (χ2v) is 2.15. The van der Waals surface area contributed by atoms with Crippen molar-refractivity contribution in [2.24, 2.45) is 0 Å². The van der Waals surface area contributed by atoms with Crippen LogP contribution in [-0.4, -0.2) is 0 Å². The van der Waals surface area contributed by atoms with E-state index in [0.717, 1.165) is 0 Å². The molecule has 2 aromatic heterocycles. The molecule has 2 nitrogen and oxygen atoms in total. The summed E-state index contributed by atoms with van der Waals surface area (Å²) in [5.41, 5.74) is 0. The second kappa shape index (κ2) is 8.92. The van der Waals surface area contributed by atoms with Gasteiger partial charge >= 0.3 is 17.4 Å². The number of hydrogen-bond donors (Lipinski definition) is 0. The molecule has 0 atom stereocenters. The quantitative estimate of drug-likeness (QED) is 0.623. The van der Waals surface area contributed by atoms with E-state index in [2.05, 4.69) is 9.97 Å². The maximum atomic E-state index is 2.89. The van der Waals surface area contributed by atoms with Gasteiger partial charge in [-0.15, -0.1) is 0 Å². The molecule has 0 aliphatic carbocycles. The van der Waals surface area contributed by atoms with E-state index in [1.807, 2.05) is 61.2 Å². The van der Waals surface area contributed by atoms with E-state index >= 15 is 0 Å². The van der Waals surface area contributed by atoms with Crippen LogP contribution < -0.4 is 9.97 Å². The average Bonchev–Trinajstić information content (AvgIpc) is 2.24. The van der Waals surface area contributed by atoms with Gasteiger partial charge in [0, 0.05) is 24.3 Å². The monoisotopic (exact) mass is 212 g/mol. The van der Waals surface area contributed by atoms with E-state index in [4.69, 9.17) is 0 Å². The van der Waals surface area contributed by atoms with Gasteiger partial charge in [0.05, 0.1) is 0 Å². The number of nitrogens with one attached hydrogen (secondary N) is 2. The van der Waals surface area contributed by atoms with Gasteiger partial charge in [-0.2, -0.15) is 0 Å². The molecule has 0 saturated carbocycles. The Balaban J connectivity index is 0.000000206. The van der Waals surface area contributed by atoms with Crippen molar-refractivity contribution in [1.82, 2.24) is 0 Å². The largest absolute Gasteiger partial charge is 3.00 e. The molecule has 0 fully saturated rings. The van der Waals surface area contributed by atoms with Gasteiger partial charge in [-0.1, -0.05) is 12.1 Å². The first-order valence-corrected chi connectivity index (χ1v) is 3.82. The Bertz CT molecular complexity index is 188. The summed E-state index contributed by atoms with van der Waals surface area (Å²) in [6.07, 6.45) is 7.50. The fraction of sp³-hybridized carbons (Fsp3) is 0. The Labute approximate surface area is 88.8 Å². The smallest absolute Gasteiger partial charge is 0.218 e. The maximum absolute atomic E-state index is 2.89. The molecule has 0 bridgehead atoms. The van der Waals surface area contributed by atoms with Gasteiger partial charge in [-0.05, 0) is 0 Å². The van der Waals surface area contributed by atoms with Crippen molar-refractivity contribution in [3.63, 3.8) is 0 Å². The van der Waals surface area contributed by atoms with Gasteiger partial charge in [0.15, 0.2) is 24.8 Å². The molecule has 13 heavy (non-hydrogen) atoms. The molecule has 0 unspecified atom stereocenters. The normalized spacial score (nSPS) is 7.38. The molecular formula is C10H12CrN2+5. The zero-order valence-electron chi connectivity index (χ0n) is 7.18. The Morgan fingerprint density at radius 2 is 0.769 bits per heavy atom. The molecule has 0 aromatic carbocycles. The van der Waals surface area contributed by atoms with Crippen LogP contribution >= 0.6 is 0 Å². The van der Waals surface area contributed by atoms with E-state index in [1.54, 1.807) is 0 Å². The van der Waals surface area contributed by atoms with Crippen molar-refractivity contribution in [3.8, 4) is 0 Å². The third kappa shape index (κ3) is 7.20. The summed E-state index contributed by atoms with van der Waals surface area (Å²) in [5.74, 6) is 0. The van der Waals surface area contributed by atoms with E-state index in [-0.39, 0.29) is 17.4 Å². The number of rotatable bonds is 0. The van der Waals surface area contributed by atoms with Crippen molar-refractivity contribution < 1.29 is 27.3 Å². The molecule has 63 valence electrons. The number of hydrogen-bond acceptors (Lipinski definition) is 0. The van der Waals surface area contributed by atoms with Crippen LogP contribution in [0.4, 0.5) is 0 Å². The average molecular weight is 212 g/mol. The molecular weight excluding hydrogens is 200 g/mol. The third-order valence-corrected chi connectivity index (χ3v) is 1.21. The van der Waals surface area contributed by atoms with Crippen LogP contribution in [0.2, 0.25) is 0 Å². The Hall–Kier alpha value is -1.17. The predicted octanol–water partition coefficient (Wildman–Crippen LogP) is 0.999. The van der Waals surface area contributed by atoms with Gasteiger partial charge in [0.25, 0.3) is 0 Å².